The number of hydrogen-bond acceptors (Lipinski definition) is 5. The number of halogens is 4. The van der Waals surface area contributed by atoms with Crippen molar-refractivity contribution in [3.8, 4) is 10.7 Å². The van der Waals surface area contributed by atoms with Crippen LogP contribution in [-0.4, -0.2) is 19.9 Å². The van der Waals surface area contributed by atoms with Crippen molar-refractivity contribution in [2.24, 2.45) is 0 Å². The highest BCUT2D eigenvalue weighted by atomic mass is 79.9. The smallest absolute Gasteiger partial charge is 0.339 e. The Labute approximate surface area is 141 Å². The average molecular weight is 407 g/mol. The molecule has 0 unspecified atom stereocenters. The van der Waals surface area contributed by atoms with Gasteiger partial charge in [-0.1, -0.05) is 11.2 Å². The van der Waals surface area contributed by atoms with Gasteiger partial charge in [0.05, 0.1) is 21.6 Å². The molecule has 0 aliphatic rings. The second-order valence-electron chi connectivity index (χ2n) is 4.71. The van der Waals surface area contributed by atoms with Gasteiger partial charge in [-0.05, 0) is 34.3 Å². The summed E-state index contributed by atoms with van der Waals surface area (Å²) in [7, 11) is 0. The standard InChI is InChI=1S/C13H10BrF3N4OS/c1-7-10(14)11(13(15,16)17)19-21(7)5-4-9-18-12(20-22-9)8-3-2-6-23-8/h2-3,6H,4-5H2,1H3. The van der Waals surface area contributed by atoms with Crippen LogP contribution in [0.25, 0.3) is 10.7 Å². The molecule has 0 saturated carbocycles. The van der Waals surface area contributed by atoms with Gasteiger partial charge in [-0.2, -0.15) is 23.3 Å². The Morgan fingerprint density at radius 2 is 2.17 bits per heavy atom. The predicted molar refractivity (Wildman–Crippen MR) is 81.0 cm³/mol. The lowest BCUT2D eigenvalue weighted by molar-refractivity contribution is -0.142. The molecule has 0 aromatic carbocycles. The zero-order valence-electron chi connectivity index (χ0n) is 11.8. The first-order valence-electron chi connectivity index (χ1n) is 6.53. The van der Waals surface area contributed by atoms with Gasteiger partial charge >= 0.3 is 6.18 Å². The summed E-state index contributed by atoms with van der Waals surface area (Å²) in [5.41, 5.74) is -0.532. The van der Waals surface area contributed by atoms with Gasteiger partial charge in [-0.15, -0.1) is 11.3 Å². The molecule has 0 aliphatic heterocycles. The minimum atomic E-state index is -4.49. The van der Waals surface area contributed by atoms with E-state index < -0.39 is 11.9 Å². The number of hydrogen-bond donors (Lipinski definition) is 0. The Morgan fingerprint density at radius 1 is 1.39 bits per heavy atom. The molecule has 3 aromatic heterocycles. The summed E-state index contributed by atoms with van der Waals surface area (Å²) in [5.74, 6) is 0.831. The van der Waals surface area contributed by atoms with Crippen molar-refractivity contribution in [2.45, 2.75) is 26.1 Å². The van der Waals surface area contributed by atoms with Crippen molar-refractivity contribution in [1.82, 2.24) is 19.9 Å². The van der Waals surface area contributed by atoms with Gasteiger partial charge in [0.25, 0.3) is 0 Å². The van der Waals surface area contributed by atoms with Crippen LogP contribution in [0.3, 0.4) is 0 Å². The normalized spacial score (nSPS) is 12.0. The lowest BCUT2D eigenvalue weighted by atomic mass is 10.3. The fourth-order valence-corrected chi connectivity index (χ4v) is 3.14. The Balaban J connectivity index is 1.74. The summed E-state index contributed by atoms with van der Waals surface area (Å²) < 4.78 is 44.8. The Kier molecular flexibility index (Phi) is 4.28. The van der Waals surface area contributed by atoms with Gasteiger partial charge in [-0.3, -0.25) is 4.68 Å². The molecule has 0 spiro atoms. The quantitative estimate of drug-likeness (QED) is 0.646. The predicted octanol–water partition coefficient (Wildman–Crippen LogP) is 4.33. The third-order valence-corrected chi connectivity index (χ3v) is 4.96. The largest absolute Gasteiger partial charge is 0.436 e. The van der Waals surface area contributed by atoms with E-state index in [1.165, 1.54) is 16.0 Å². The highest BCUT2D eigenvalue weighted by Crippen LogP contribution is 2.35. The van der Waals surface area contributed by atoms with Crippen molar-refractivity contribution in [2.75, 3.05) is 0 Å². The van der Waals surface area contributed by atoms with E-state index in [2.05, 4.69) is 31.2 Å². The fraction of sp³-hybridized carbons (Fsp3) is 0.308. The van der Waals surface area contributed by atoms with Crippen molar-refractivity contribution < 1.29 is 17.7 Å². The molecule has 3 heterocycles. The van der Waals surface area contributed by atoms with Crippen LogP contribution in [0, 0.1) is 6.92 Å². The molecule has 3 aromatic rings. The zero-order valence-corrected chi connectivity index (χ0v) is 14.2. The number of thiophene rings is 1. The van der Waals surface area contributed by atoms with E-state index in [1.807, 2.05) is 17.5 Å². The summed E-state index contributed by atoms with van der Waals surface area (Å²) >= 11 is 4.42. The van der Waals surface area contributed by atoms with E-state index in [1.54, 1.807) is 6.92 Å². The highest BCUT2D eigenvalue weighted by Gasteiger charge is 2.37. The molecular formula is C13H10BrF3N4OS. The summed E-state index contributed by atoms with van der Waals surface area (Å²) in [6, 6.07) is 3.74. The van der Waals surface area contributed by atoms with Gasteiger partial charge < -0.3 is 4.52 Å². The molecule has 0 bridgehead atoms. The molecule has 23 heavy (non-hydrogen) atoms. The van der Waals surface area contributed by atoms with Crippen LogP contribution in [0.2, 0.25) is 0 Å². The van der Waals surface area contributed by atoms with Crippen molar-refractivity contribution >= 4 is 27.3 Å². The molecule has 5 nitrogen and oxygen atoms in total. The zero-order chi connectivity index (χ0) is 16.6. The average Bonchev–Trinajstić information content (AvgIpc) is 3.19. The first kappa shape index (κ1) is 16.2. The van der Waals surface area contributed by atoms with Crippen LogP contribution < -0.4 is 0 Å². The van der Waals surface area contributed by atoms with E-state index in [4.69, 9.17) is 4.52 Å². The van der Waals surface area contributed by atoms with Gasteiger partial charge in [0, 0.05) is 6.42 Å². The molecule has 122 valence electrons. The van der Waals surface area contributed by atoms with E-state index in [0.29, 0.717) is 23.8 Å². The molecule has 0 N–H and O–H groups in total. The minimum Gasteiger partial charge on any atom is -0.339 e. The van der Waals surface area contributed by atoms with Crippen LogP contribution in [0.4, 0.5) is 13.2 Å². The van der Waals surface area contributed by atoms with Gasteiger partial charge in [0.15, 0.2) is 5.69 Å². The van der Waals surface area contributed by atoms with Crippen molar-refractivity contribution in [3.05, 3.63) is 39.3 Å². The van der Waals surface area contributed by atoms with Gasteiger partial charge in [0.1, 0.15) is 0 Å². The molecule has 0 fully saturated rings. The number of rotatable bonds is 4. The van der Waals surface area contributed by atoms with E-state index in [-0.39, 0.29) is 11.0 Å². The van der Waals surface area contributed by atoms with E-state index >= 15 is 0 Å². The second kappa shape index (κ2) is 6.08. The molecule has 0 radical (unpaired) electrons. The van der Waals surface area contributed by atoms with Gasteiger partial charge in [0.2, 0.25) is 11.7 Å². The fourth-order valence-electron chi connectivity index (χ4n) is 1.99. The summed E-state index contributed by atoms with van der Waals surface area (Å²) in [5, 5.41) is 9.37. The number of alkyl halides is 3. The van der Waals surface area contributed by atoms with Crippen LogP contribution in [-0.2, 0) is 19.1 Å². The highest BCUT2D eigenvalue weighted by molar-refractivity contribution is 9.10. The third-order valence-electron chi connectivity index (χ3n) is 3.15. The molecule has 0 saturated heterocycles. The Morgan fingerprint density at radius 3 is 2.78 bits per heavy atom. The maximum Gasteiger partial charge on any atom is 0.436 e. The van der Waals surface area contributed by atoms with Crippen molar-refractivity contribution in [3.63, 3.8) is 0 Å². The lowest BCUT2D eigenvalue weighted by Crippen LogP contribution is -2.10. The number of aromatic nitrogens is 4. The molecule has 3 rings (SSSR count). The third kappa shape index (κ3) is 3.32. The maximum atomic E-state index is 12.8. The van der Waals surface area contributed by atoms with Gasteiger partial charge in [-0.25, -0.2) is 0 Å². The molecular weight excluding hydrogens is 397 g/mol. The molecule has 10 heteroatoms. The van der Waals surface area contributed by atoms with E-state index in [0.717, 1.165) is 4.88 Å². The van der Waals surface area contributed by atoms with Crippen LogP contribution in [0.5, 0.6) is 0 Å². The summed E-state index contributed by atoms with van der Waals surface area (Å²) in [6.45, 7) is 1.78. The molecule has 0 aliphatic carbocycles. The first-order chi connectivity index (χ1) is 10.9. The SMILES string of the molecule is Cc1c(Br)c(C(F)(F)F)nn1CCc1nc(-c2cccs2)no1. The van der Waals surface area contributed by atoms with Crippen LogP contribution >= 0.6 is 27.3 Å². The van der Waals surface area contributed by atoms with Crippen LogP contribution in [0.15, 0.2) is 26.5 Å². The molecule has 0 atom stereocenters. The maximum absolute atomic E-state index is 12.8. The second-order valence-corrected chi connectivity index (χ2v) is 6.45. The lowest BCUT2D eigenvalue weighted by Gasteiger charge is -2.02. The van der Waals surface area contributed by atoms with Crippen LogP contribution in [0.1, 0.15) is 17.3 Å². The first-order valence-corrected chi connectivity index (χ1v) is 8.20. The summed E-state index contributed by atoms with van der Waals surface area (Å²) in [6.07, 6.45) is -4.20. The number of nitrogens with zero attached hydrogens (tertiary/aromatic N) is 4. The Hall–Kier alpha value is -1.68. The van der Waals surface area contributed by atoms with Crippen molar-refractivity contribution in [1.29, 1.82) is 0 Å². The number of aryl methyl sites for hydroxylation is 2. The van der Waals surface area contributed by atoms with E-state index in [9.17, 15) is 13.2 Å². The topological polar surface area (TPSA) is 56.7 Å². The minimum absolute atomic E-state index is 0.0465. The monoisotopic (exact) mass is 406 g/mol. The summed E-state index contributed by atoms with van der Waals surface area (Å²) in [4.78, 5) is 5.11. The molecule has 0 amide bonds. The Bertz CT molecular complexity index is 810.